The molecule has 0 aromatic carbocycles. The molecule has 0 saturated heterocycles. The summed E-state index contributed by atoms with van der Waals surface area (Å²) in [5.41, 5.74) is 0. The molecule has 0 aliphatic carbocycles. The SMILES string of the molecule is CCC(C)CCCCCCCCCCCCCCCCCCCCC(=O)OC[C@H](COP(=O)(O)OC[C@@H](O)COP(=O)(O)OC[C@@H](COC(=O)CCCCCCCCC(C)CC)OC(=O)CCCCCCCCCC(C)C)OC(=O)CCCCCCCCCCCCCC(C)C. The van der Waals surface area contributed by atoms with Crippen LogP contribution < -0.4 is 0 Å². The van der Waals surface area contributed by atoms with Crippen molar-refractivity contribution in [2.75, 3.05) is 39.6 Å². The van der Waals surface area contributed by atoms with Gasteiger partial charge in [0.25, 0.3) is 0 Å². The summed E-state index contributed by atoms with van der Waals surface area (Å²) in [5.74, 6) is 0.941. The van der Waals surface area contributed by atoms with E-state index < -0.39 is 97.5 Å². The van der Waals surface area contributed by atoms with Crippen molar-refractivity contribution in [1.29, 1.82) is 0 Å². The Kier molecular flexibility index (Phi) is 65.0. The first kappa shape index (κ1) is 94.1. The second kappa shape index (κ2) is 66.3. The monoisotopic (exact) mass is 1410 g/mol. The molecule has 96 heavy (non-hydrogen) atoms. The first-order chi connectivity index (χ1) is 46.2. The van der Waals surface area contributed by atoms with Crippen LogP contribution in [0, 0.1) is 23.7 Å². The van der Waals surface area contributed by atoms with Crippen LogP contribution >= 0.6 is 15.6 Å². The van der Waals surface area contributed by atoms with Gasteiger partial charge in [0.1, 0.15) is 19.3 Å². The number of aliphatic hydroxyl groups is 1. The molecule has 0 fully saturated rings. The molecule has 4 unspecified atom stereocenters. The third-order valence-electron chi connectivity index (χ3n) is 18.5. The van der Waals surface area contributed by atoms with Crippen molar-refractivity contribution < 1.29 is 80.2 Å². The largest absolute Gasteiger partial charge is 0.472 e. The first-order valence-corrected chi connectivity index (χ1v) is 42.8. The molecule has 0 aliphatic rings. The zero-order valence-corrected chi connectivity index (χ0v) is 64.8. The van der Waals surface area contributed by atoms with Crippen molar-refractivity contribution in [3.05, 3.63) is 0 Å². The van der Waals surface area contributed by atoms with E-state index in [2.05, 4.69) is 55.4 Å². The Hall–Kier alpha value is -1.94. The van der Waals surface area contributed by atoms with Crippen LogP contribution in [-0.4, -0.2) is 96.7 Å². The Morgan fingerprint density at radius 2 is 0.500 bits per heavy atom. The molecule has 17 nitrogen and oxygen atoms in total. The number of aliphatic hydroxyl groups excluding tert-OH is 1. The third-order valence-corrected chi connectivity index (χ3v) is 20.4. The van der Waals surface area contributed by atoms with Crippen LogP contribution in [0.25, 0.3) is 0 Å². The van der Waals surface area contributed by atoms with Crippen molar-refractivity contribution >= 4 is 39.5 Å². The average molecular weight is 1410 g/mol. The molecule has 7 atom stereocenters. The van der Waals surface area contributed by atoms with Gasteiger partial charge >= 0.3 is 39.5 Å². The fourth-order valence-corrected chi connectivity index (χ4v) is 13.2. The maximum atomic E-state index is 13.1. The number of carbonyl (C=O) groups excluding carboxylic acids is 4. The molecule has 0 saturated carbocycles. The van der Waals surface area contributed by atoms with E-state index in [-0.39, 0.29) is 25.7 Å². The van der Waals surface area contributed by atoms with E-state index in [0.717, 1.165) is 114 Å². The molecule has 3 N–H and O–H groups in total. The van der Waals surface area contributed by atoms with Crippen LogP contribution in [0.1, 0.15) is 389 Å². The predicted octanol–water partition coefficient (Wildman–Crippen LogP) is 22.4. The van der Waals surface area contributed by atoms with E-state index in [1.807, 2.05) is 0 Å². The number of esters is 4. The molecule has 0 aromatic heterocycles. The summed E-state index contributed by atoms with van der Waals surface area (Å²) in [6.07, 6.45) is 51.6. The molecule has 0 heterocycles. The molecule has 0 bridgehead atoms. The number of carbonyl (C=O) groups is 4. The van der Waals surface area contributed by atoms with Crippen LogP contribution in [0.4, 0.5) is 0 Å². The topological polar surface area (TPSA) is 237 Å². The van der Waals surface area contributed by atoms with Gasteiger partial charge in [0.15, 0.2) is 12.2 Å². The molecule has 570 valence electrons. The number of phosphoric acid groups is 2. The summed E-state index contributed by atoms with van der Waals surface area (Å²) in [5, 5.41) is 10.6. The number of hydrogen-bond acceptors (Lipinski definition) is 15. The lowest BCUT2D eigenvalue weighted by Gasteiger charge is -2.21. The fraction of sp³-hybridized carbons (Fsp3) is 0.948. The number of ether oxygens (including phenoxy) is 4. The summed E-state index contributed by atoms with van der Waals surface area (Å²) in [6, 6.07) is 0. The van der Waals surface area contributed by atoms with Gasteiger partial charge in [0.05, 0.1) is 26.4 Å². The molecule has 0 rings (SSSR count). The van der Waals surface area contributed by atoms with E-state index in [1.165, 1.54) is 186 Å². The smallest absolute Gasteiger partial charge is 0.462 e. The van der Waals surface area contributed by atoms with Gasteiger partial charge in [-0.15, -0.1) is 0 Å². The molecule has 0 amide bonds. The van der Waals surface area contributed by atoms with Crippen molar-refractivity contribution in [3.8, 4) is 0 Å². The van der Waals surface area contributed by atoms with Crippen molar-refractivity contribution in [1.82, 2.24) is 0 Å². The van der Waals surface area contributed by atoms with Gasteiger partial charge < -0.3 is 33.8 Å². The van der Waals surface area contributed by atoms with Crippen LogP contribution in [-0.2, 0) is 65.4 Å². The highest BCUT2D eigenvalue weighted by Gasteiger charge is 2.30. The molecule has 0 radical (unpaired) electrons. The van der Waals surface area contributed by atoms with E-state index in [1.54, 1.807) is 0 Å². The summed E-state index contributed by atoms with van der Waals surface area (Å²) >= 11 is 0. The van der Waals surface area contributed by atoms with Gasteiger partial charge in [-0.05, 0) is 49.4 Å². The fourth-order valence-electron chi connectivity index (χ4n) is 11.7. The lowest BCUT2D eigenvalue weighted by molar-refractivity contribution is -0.161. The summed E-state index contributed by atoms with van der Waals surface area (Å²) in [7, 11) is -9.91. The first-order valence-electron chi connectivity index (χ1n) is 39.8. The second-order valence-electron chi connectivity index (χ2n) is 29.2. The van der Waals surface area contributed by atoms with Crippen LogP contribution in [0.3, 0.4) is 0 Å². The molecule has 0 aromatic rings. The Morgan fingerprint density at radius 1 is 0.292 bits per heavy atom. The Morgan fingerprint density at radius 3 is 0.740 bits per heavy atom. The summed E-state index contributed by atoms with van der Waals surface area (Å²) < 4.78 is 68.5. The minimum Gasteiger partial charge on any atom is -0.462 e. The molecule has 0 aliphatic heterocycles. The number of unbranched alkanes of at least 4 members (excludes halogenated alkanes) is 38. The average Bonchev–Trinajstić information content (AvgIpc) is 1.18. The predicted molar refractivity (Wildman–Crippen MR) is 391 cm³/mol. The molecular formula is C77H150O17P2. The van der Waals surface area contributed by atoms with E-state index in [9.17, 15) is 43.2 Å². The van der Waals surface area contributed by atoms with E-state index >= 15 is 0 Å². The molecule has 0 spiro atoms. The standard InChI is InChI=1S/C77H150O17P2/c1-9-69(7)55-47-39-31-25-21-17-15-13-11-12-14-16-18-22-26-32-41-49-57-74(79)87-63-72(93-76(81)59-51-43-33-27-23-19-20-24-29-37-45-53-67(3)4)65-91-95(83,84)89-61-71(78)62-90-96(85,86)92-66-73(94-77(82)60-52-44-34-28-30-38-46-54-68(5)6)64-88-75(80)58-50-42-36-35-40-48-56-70(8)10-2/h67-73,78H,9-66H2,1-8H3,(H,83,84)(H,85,86)/t69?,70?,71-,72-,73-/m1/s1. The third kappa shape index (κ3) is 67.9. The molecule has 19 heteroatoms. The van der Waals surface area contributed by atoms with Gasteiger partial charge in [0, 0.05) is 25.7 Å². The maximum Gasteiger partial charge on any atom is 0.472 e. The lowest BCUT2D eigenvalue weighted by Crippen LogP contribution is -2.30. The Labute approximate surface area is 588 Å². The molecular weight excluding hydrogens is 1260 g/mol. The van der Waals surface area contributed by atoms with Crippen molar-refractivity contribution in [2.24, 2.45) is 23.7 Å². The zero-order chi connectivity index (χ0) is 71.0. The Balaban J connectivity index is 5.17. The highest BCUT2D eigenvalue weighted by Crippen LogP contribution is 2.45. The highest BCUT2D eigenvalue weighted by molar-refractivity contribution is 7.47. The van der Waals surface area contributed by atoms with Gasteiger partial charge in [0.2, 0.25) is 0 Å². The Bertz CT molecular complexity index is 1890. The maximum absolute atomic E-state index is 13.1. The summed E-state index contributed by atoms with van der Waals surface area (Å²) in [4.78, 5) is 72.7. The van der Waals surface area contributed by atoms with Crippen LogP contribution in [0.2, 0.25) is 0 Å². The number of hydrogen-bond donors (Lipinski definition) is 3. The number of rotatable bonds is 74. The van der Waals surface area contributed by atoms with Crippen molar-refractivity contribution in [3.63, 3.8) is 0 Å². The van der Waals surface area contributed by atoms with Gasteiger partial charge in [-0.3, -0.25) is 37.3 Å². The van der Waals surface area contributed by atoms with Crippen molar-refractivity contribution in [2.45, 2.75) is 408 Å². The zero-order valence-electron chi connectivity index (χ0n) is 63.0. The van der Waals surface area contributed by atoms with E-state index in [4.69, 9.17) is 37.0 Å². The van der Waals surface area contributed by atoms with Gasteiger partial charge in [-0.1, -0.05) is 338 Å². The summed E-state index contributed by atoms with van der Waals surface area (Å²) in [6.45, 7) is 14.2. The highest BCUT2D eigenvalue weighted by atomic mass is 31.2. The van der Waals surface area contributed by atoms with Crippen LogP contribution in [0.15, 0.2) is 0 Å². The lowest BCUT2D eigenvalue weighted by atomic mass is 9.99. The minimum atomic E-state index is -4.96. The number of phosphoric ester groups is 2. The minimum absolute atomic E-state index is 0.102. The van der Waals surface area contributed by atoms with Gasteiger partial charge in [-0.2, -0.15) is 0 Å². The van der Waals surface area contributed by atoms with Crippen LogP contribution in [0.5, 0.6) is 0 Å². The normalized spacial score (nSPS) is 14.7. The second-order valence-corrected chi connectivity index (χ2v) is 32.1. The van der Waals surface area contributed by atoms with E-state index in [0.29, 0.717) is 31.6 Å². The van der Waals surface area contributed by atoms with Gasteiger partial charge in [-0.25, -0.2) is 9.13 Å². The quantitative estimate of drug-likeness (QED) is 0.0222.